The van der Waals surface area contributed by atoms with Crippen molar-refractivity contribution < 1.29 is 0 Å². The Balaban J connectivity index is 1.81. The van der Waals surface area contributed by atoms with E-state index in [1.807, 2.05) is 24.3 Å². The number of H-pyrrole nitrogens is 1. The summed E-state index contributed by atoms with van der Waals surface area (Å²) < 4.78 is 1.08. The van der Waals surface area contributed by atoms with Crippen LogP contribution < -0.4 is 5.32 Å². The summed E-state index contributed by atoms with van der Waals surface area (Å²) in [5, 5.41) is 16.9. The molecular weight excluding hydrogens is 258 g/mol. The minimum absolute atomic E-state index is 0.722. The molecule has 0 aliphatic carbocycles. The van der Waals surface area contributed by atoms with Crippen LogP contribution in [0.3, 0.4) is 0 Å². The second-order valence-corrected chi connectivity index (χ2v) is 3.93. The third-order valence-corrected chi connectivity index (χ3v) is 2.44. The lowest BCUT2D eigenvalue weighted by Crippen LogP contribution is -2.05. The van der Waals surface area contributed by atoms with E-state index in [1.54, 1.807) is 0 Å². The van der Waals surface area contributed by atoms with Crippen molar-refractivity contribution in [2.45, 2.75) is 6.42 Å². The molecule has 15 heavy (non-hydrogen) atoms. The number of nitrogens with one attached hydrogen (secondary N) is 2. The van der Waals surface area contributed by atoms with Crippen LogP contribution in [0.4, 0.5) is 5.69 Å². The first-order valence-corrected chi connectivity index (χ1v) is 5.35. The highest BCUT2D eigenvalue weighted by Crippen LogP contribution is 2.13. The molecule has 78 valence electrons. The number of anilines is 1. The second kappa shape index (κ2) is 4.88. The van der Waals surface area contributed by atoms with E-state index in [4.69, 9.17) is 0 Å². The van der Waals surface area contributed by atoms with Crippen molar-refractivity contribution in [2.24, 2.45) is 0 Å². The molecule has 0 saturated carbocycles. The third-order valence-electron chi connectivity index (χ3n) is 1.91. The zero-order chi connectivity index (χ0) is 10.5. The average molecular weight is 268 g/mol. The molecular formula is C9H10BrN5. The van der Waals surface area contributed by atoms with Gasteiger partial charge in [0.2, 0.25) is 0 Å². The first-order valence-electron chi connectivity index (χ1n) is 4.56. The van der Waals surface area contributed by atoms with Crippen molar-refractivity contribution in [1.82, 2.24) is 20.6 Å². The highest BCUT2D eigenvalue weighted by molar-refractivity contribution is 9.10. The van der Waals surface area contributed by atoms with Gasteiger partial charge in [-0.05, 0) is 24.3 Å². The van der Waals surface area contributed by atoms with Crippen LogP contribution in [0.25, 0.3) is 0 Å². The molecule has 0 aliphatic rings. The minimum atomic E-state index is 0.722. The van der Waals surface area contributed by atoms with Gasteiger partial charge in [0, 0.05) is 23.1 Å². The molecule has 2 N–H and O–H groups in total. The standard InChI is InChI=1S/C9H10BrN5/c10-7-1-3-8(4-2-7)11-6-5-9-12-14-15-13-9/h1-4,11H,5-6H2,(H,12,13,14,15). The summed E-state index contributed by atoms with van der Waals surface area (Å²) in [7, 11) is 0. The van der Waals surface area contributed by atoms with E-state index in [0.717, 1.165) is 29.0 Å². The second-order valence-electron chi connectivity index (χ2n) is 3.01. The van der Waals surface area contributed by atoms with E-state index in [0.29, 0.717) is 0 Å². The monoisotopic (exact) mass is 267 g/mol. The van der Waals surface area contributed by atoms with Gasteiger partial charge in [-0.1, -0.05) is 21.1 Å². The molecule has 0 unspecified atom stereocenters. The van der Waals surface area contributed by atoms with Crippen LogP contribution in [0.1, 0.15) is 5.82 Å². The summed E-state index contributed by atoms with van der Waals surface area (Å²) in [5.41, 5.74) is 1.08. The van der Waals surface area contributed by atoms with Gasteiger partial charge in [-0.15, -0.1) is 10.2 Å². The SMILES string of the molecule is Brc1ccc(NCCc2nn[nH]n2)cc1. The zero-order valence-corrected chi connectivity index (χ0v) is 9.53. The fraction of sp³-hybridized carbons (Fsp3) is 0.222. The Hall–Kier alpha value is -1.43. The van der Waals surface area contributed by atoms with E-state index in [1.165, 1.54) is 0 Å². The molecule has 2 aromatic rings. The van der Waals surface area contributed by atoms with Crippen LogP contribution in [0.5, 0.6) is 0 Å². The molecule has 0 spiro atoms. The van der Waals surface area contributed by atoms with Gasteiger partial charge < -0.3 is 5.32 Å². The topological polar surface area (TPSA) is 66.5 Å². The fourth-order valence-corrected chi connectivity index (χ4v) is 1.44. The Kier molecular flexibility index (Phi) is 3.29. The molecule has 0 saturated heterocycles. The highest BCUT2D eigenvalue weighted by Gasteiger charge is 1.97. The minimum Gasteiger partial charge on any atom is -0.385 e. The van der Waals surface area contributed by atoms with Crippen molar-refractivity contribution in [3.8, 4) is 0 Å². The van der Waals surface area contributed by atoms with E-state index in [2.05, 4.69) is 41.9 Å². The number of rotatable bonds is 4. The van der Waals surface area contributed by atoms with E-state index < -0.39 is 0 Å². The van der Waals surface area contributed by atoms with E-state index in [9.17, 15) is 0 Å². The van der Waals surface area contributed by atoms with Crippen molar-refractivity contribution in [3.05, 3.63) is 34.6 Å². The number of aromatic nitrogens is 4. The lowest BCUT2D eigenvalue weighted by Gasteiger charge is -2.03. The highest BCUT2D eigenvalue weighted by atomic mass is 79.9. The third kappa shape index (κ3) is 3.02. The van der Waals surface area contributed by atoms with Crippen LogP contribution in [0.15, 0.2) is 28.7 Å². The first-order chi connectivity index (χ1) is 7.34. The van der Waals surface area contributed by atoms with Crippen molar-refractivity contribution in [2.75, 3.05) is 11.9 Å². The Morgan fingerprint density at radius 1 is 1.27 bits per heavy atom. The van der Waals surface area contributed by atoms with Crippen LogP contribution in [0.2, 0.25) is 0 Å². The van der Waals surface area contributed by atoms with E-state index >= 15 is 0 Å². The normalized spacial score (nSPS) is 10.2. The number of aromatic amines is 1. The number of halogens is 1. The first kappa shape index (κ1) is 10.1. The maximum Gasteiger partial charge on any atom is 0.176 e. The van der Waals surface area contributed by atoms with Crippen LogP contribution in [0, 0.1) is 0 Å². The van der Waals surface area contributed by atoms with E-state index in [-0.39, 0.29) is 0 Å². The van der Waals surface area contributed by atoms with Gasteiger partial charge in [0.25, 0.3) is 0 Å². The summed E-state index contributed by atoms with van der Waals surface area (Å²) >= 11 is 3.38. The molecule has 2 rings (SSSR count). The molecule has 1 heterocycles. The summed E-state index contributed by atoms with van der Waals surface area (Å²) in [4.78, 5) is 0. The number of benzene rings is 1. The van der Waals surface area contributed by atoms with Crippen molar-refractivity contribution >= 4 is 21.6 Å². The van der Waals surface area contributed by atoms with Crippen molar-refractivity contribution in [3.63, 3.8) is 0 Å². The summed E-state index contributed by atoms with van der Waals surface area (Å²) in [6.07, 6.45) is 0.757. The number of tetrazole rings is 1. The lowest BCUT2D eigenvalue weighted by atomic mass is 10.3. The molecule has 0 atom stereocenters. The Morgan fingerprint density at radius 3 is 2.73 bits per heavy atom. The molecule has 0 radical (unpaired) electrons. The van der Waals surface area contributed by atoms with Gasteiger partial charge in [-0.2, -0.15) is 5.21 Å². The van der Waals surface area contributed by atoms with Gasteiger partial charge in [0.05, 0.1) is 0 Å². The lowest BCUT2D eigenvalue weighted by molar-refractivity contribution is 0.881. The molecule has 0 amide bonds. The largest absolute Gasteiger partial charge is 0.385 e. The van der Waals surface area contributed by atoms with Gasteiger partial charge in [0.15, 0.2) is 5.82 Å². The quantitative estimate of drug-likeness (QED) is 0.884. The molecule has 0 fully saturated rings. The Labute approximate surface area is 95.4 Å². The molecule has 0 bridgehead atoms. The van der Waals surface area contributed by atoms with Crippen molar-refractivity contribution in [1.29, 1.82) is 0 Å². The van der Waals surface area contributed by atoms with Gasteiger partial charge >= 0.3 is 0 Å². The maximum atomic E-state index is 3.87. The smallest absolute Gasteiger partial charge is 0.176 e. The number of nitrogens with zero attached hydrogens (tertiary/aromatic N) is 3. The van der Waals surface area contributed by atoms with Gasteiger partial charge in [-0.25, -0.2) is 0 Å². The molecule has 0 aliphatic heterocycles. The van der Waals surface area contributed by atoms with Crippen LogP contribution >= 0.6 is 15.9 Å². The summed E-state index contributed by atoms with van der Waals surface area (Å²) in [5.74, 6) is 0.722. The zero-order valence-electron chi connectivity index (χ0n) is 7.94. The van der Waals surface area contributed by atoms with Gasteiger partial charge in [0.1, 0.15) is 0 Å². The predicted molar refractivity (Wildman–Crippen MR) is 60.5 cm³/mol. The molecule has 5 nitrogen and oxygen atoms in total. The average Bonchev–Trinajstić information content (AvgIpc) is 2.74. The van der Waals surface area contributed by atoms with Gasteiger partial charge in [-0.3, -0.25) is 0 Å². The Bertz CT molecular complexity index is 397. The van der Waals surface area contributed by atoms with Crippen LogP contribution in [-0.4, -0.2) is 27.2 Å². The predicted octanol–water partition coefficient (Wildman–Crippen LogP) is 1.62. The fourth-order valence-electron chi connectivity index (χ4n) is 1.17. The molecule has 6 heteroatoms. The molecule has 1 aromatic carbocycles. The van der Waals surface area contributed by atoms with Crippen LogP contribution in [-0.2, 0) is 6.42 Å². The Morgan fingerprint density at radius 2 is 2.07 bits per heavy atom. The number of hydrogen-bond donors (Lipinski definition) is 2. The summed E-state index contributed by atoms with van der Waals surface area (Å²) in [6, 6.07) is 8.02. The maximum absolute atomic E-state index is 3.87. The number of hydrogen-bond acceptors (Lipinski definition) is 4. The summed E-state index contributed by atoms with van der Waals surface area (Å²) in [6.45, 7) is 0.793. The molecule has 1 aromatic heterocycles.